The lowest BCUT2D eigenvalue weighted by Gasteiger charge is -2.06. The molecule has 0 saturated carbocycles. The number of aryl methyl sites for hydroxylation is 2. The van der Waals surface area contributed by atoms with Gasteiger partial charge in [-0.05, 0) is 19.1 Å². The summed E-state index contributed by atoms with van der Waals surface area (Å²) >= 11 is 9.96. The van der Waals surface area contributed by atoms with Gasteiger partial charge in [0.05, 0.1) is 0 Å². The van der Waals surface area contributed by atoms with Crippen LogP contribution in [0.15, 0.2) is 30.3 Å². The Kier molecular flexibility index (Phi) is 5.22. The average molecular weight is 374 g/mol. The smallest absolute Gasteiger partial charge is 0.212 e. The van der Waals surface area contributed by atoms with Crippen molar-refractivity contribution in [1.29, 1.82) is 0 Å². The van der Waals surface area contributed by atoms with E-state index in [-0.39, 0.29) is 24.0 Å². The highest BCUT2D eigenvalue weighted by Crippen LogP contribution is 2.13. The lowest BCUT2D eigenvalue weighted by Crippen LogP contribution is -3.00. The number of benzene rings is 1. The van der Waals surface area contributed by atoms with Crippen molar-refractivity contribution in [2.45, 2.75) is 13.3 Å². The number of hydrogen-bond acceptors (Lipinski definition) is 2. The number of aromatic nitrogens is 1. The molecule has 0 fully saturated rings. The average Bonchev–Trinajstić information content (AvgIpc) is 2.22. The molecule has 0 bridgehead atoms. The number of halogens is 1. The molecule has 0 amide bonds. The SMILES string of the molecule is Cc1ccc2c(ccc(CC(=S)[S-])[n+]2C)c1.[I-]. The zero-order valence-corrected chi connectivity index (χ0v) is 13.5. The van der Waals surface area contributed by atoms with Gasteiger partial charge >= 0.3 is 0 Å². The highest BCUT2D eigenvalue weighted by Gasteiger charge is 2.10. The number of rotatable bonds is 2. The molecule has 0 atom stereocenters. The summed E-state index contributed by atoms with van der Waals surface area (Å²) < 4.78 is 2.77. The molecular formula is C13H13INS2-. The first-order valence-corrected chi connectivity index (χ1v) is 5.97. The second-order valence-corrected chi connectivity index (χ2v) is 5.24. The van der Waals surface area contributed by atoms with Gasteiger partial charge in [-0.25, -0.2) is 0 Å². The maximum atomic E-state index is 4.98. The molecule has 0 saturated heterocycles. The highest BCUT2D eigenvalue weighted by atomic mass is 127. The molecule has 0 unspecified atom stereocenters. The van der Waals surface area contributed by atoms with Crippen LogP contribution in [0.3, 0.4) is 0 Å². The van der Waals surface area contributed by atoms with E-state index in [9.17, 15) is 0 Å². The number of hydrogen-bond donors (Lipinski definition) is 0. The van der Waals surface area contributed by atoms with E-state index in [1.54, 1.807) is 0 Å². The summed E-state index contributed by atoms with van der Waals surface area (Å²) in [6.45, 7) is 2.10. The fourth-order valence-corrected chi connectivity index (χ4v) is 2.19. The number of fused-ring (bicyclic) bond motifs is 1. The minimum absolute atomic E-state index is 0. The van der Waals surface area contributed by atoms with Gasteiger partial charge in [0.15, 0.2) is 5.69 Å². The van der Waals surface area contributed by atoms with E-state index in [0.29, 0.717) is 10.6 Å². The molecule has 2 rings (SSSR count). The van der Waals surface area contributed by atoms with Crippen molar-refractivity contribution >= 4 is 39.9 Å². The van der Waals surface area contributed by atoms with Crippen LogP contribution >= 0.6 is 12.2 Å². The van der Waals surface area contributed by atoms with Gasteiger partial charge in [-0.15, -0.1) is 4.20 Å². The van der Waals surface area contributed by atoms with Crippen molar-refractivity contribution in [3.05, 3.63) is 41.6 Å². The van der Waals surface area contributed by atoms with Gasteiger partial charge in [0.25, 0.3) is 0 Å². The third kappa shape index (κ3) is 3.33. The molecule has 0 aliphatic heterocycles. The van der Waals surface area contributed by atoms with Crippen LogP contribution in [-0.4, -0.2) is 4.20 Å². The van der Waals surface area contributed by atoms with Gasteiger partial charge in [-0.2, -0.15) is 4.57 Å². The van der Waals surface area contributed by atoms with E-state index in [2.05, 4.69) is 48.9 Å². The van der Waals surface area contributed by atoms with E-state index >= 15 is 0 Å². The maximum Gasteiger partial charge on any atom is 0.212 e. The molecule has 0 aliphatic carbocycles. The summed E-state index contributed by atoms with van der Waals surface area (Å²) in [5.41, 5.74) is 3.66. The summed E-state index contributed by atoms with van der Waals surface area (Å²) in [6.07, 6.45) is 0.685. The zero-order valence-electron chi connectivity index (χ0n) is 9.74. The van der Waals surface area contributed by atoms with E-state index < -0.39 is 0 Å². The largest absolute Gasteiger partial charge is 1.00 e. The van der Waals surface area contributed by atoms with Crippen molar-refractivity contribution in [3.8, 4) is 0 Å². The molecule has 1 aromatic heterocycles. The second kappa shape index (κ2) is 6.02. The molecule has 0 aliphatic rings. The van der Waals surface area contributed by atoms with Crippen LogP contribution in [0, 0.1) is 6.92 Å². The van der Waals surface area contributed by atoms with Gasteiger partial charge in [0.2, 0.25) is 5.52 Å². The lowest BCUT2D eigenvalue weighted by molar-refractivity contribution is -0.652. The van der Waals surface area contributed by atoms with Gasteiger partial charge in [0.1, 0.15) is 7.05 Å². The number of pyridine rings is 1. The Morgan fingerprint density at radius 3 is 2.65 bits per heavy atom. The van der Waals surface area contributed by atoms with Crippen molar-refractivity contribution in [2.24, 2.45) is 7.05 Å². The van der Waals surface area contributed by atoms with E-state index in [1.165, 1.54) is 16.5 Å². The third-order valence-corrected chi connectivity index (χ3v) is 3.04. The summed E-state index contributed by atoms with van der Waals surface area (Å²) in [5.74, 6) is 0. The first-order valence-electron chi connectivity index (χ1n) is 5.16. The molecule has 0 radical (unpaired) electrons. The minimum Gasteiger partial charge on any atom is -1.00 e. The molecule has 1 aromatic carbocycles. The molecule has 90 valence electrons. The summed E-state index contributed by atoms with van der Waals surface area (Å²) in [7, 11) is 2.06. The summed E-state index contributed by atoms with van der Waals surface area (Å²) in [4.78, 5) is 0. The normalized spacial score (nSPS) is 10.0. The van der Waals surface area contributed by atoms with Gasteiger partial charge in [-0.3, -0.25) is 0 Å². The van der Waals surface area contributed by atoms with Crippen molar-refractivity contribution in [1.82, 2.24) is 0 Å². The van der Waals surface area contributed by atoms with Crippen LogP contribution in [0.25, 0.3) is 10.9 Å². The third-order valence-electron chi connectivity index (χ3n) is 2.76. The van der Waals surface area contributed by atoms with Crippen LogP contribution in [0.2, 0.25) is 0 Å². The number of nitrogens with zero attached hydrogens (tertiary/aromatic N) is 1. The standard InChI is InChI=1S/C13H13NS2.HI/c1-9-3-6-12-10(7-9)4-5-11(14(12)2)8-13(15)16;/h3-7H,8H2,1-2H3;1H/p-1. The van der Waals surface area contributed by atoms with Gasteiger partial charge < -0.3 is 48.8 Å². The monoisotopic (exact) mass is 374 g/mol. The molecule has 4 heteroatoms. The fourth-order valence-electron chi connectivity index (χ4n) is 1.89. The quantitative estimate of drug-likeness (QED) is 0.299. The Labute approximate surface area is 130 Å². The molecule has 0 N–H and O–H groups in total. The Balaban J connectivity index is 0.00000144. The molecule has 1 heterocycles. The second-order valence-electron chi connectivity index (χ2n) is 3.99. The predicted molar refractivity (Wildman–Crippen MR) is 73.5 cm³/mol. The van der Waals surface area contributed by atoms with Crippen LogP contribution in [0.4, 0.5) is 0 Å². The minimum atomic E-state index is 0. The van der Waals surface area contributed by atoms with E-state index in [4.69, 9.17) is 24.8 Å². The summed E-state index contributed by atoms with van der Waals surface area (Å²) in [6, 6.07) is 10.7. The molecule has 0 spiro atoms. The van der Waals surface area contributed by atoms with Crippen LogP contribution in [0.1, 0.15) is 11.3 Å². The van der Waals surface area contributed by atoms with E-state index in [1.807, 2.05) is 0 Å². The highest BCUT2D eigenvalue weighted by molar-refractivity contribution is 8.00. The Morgan fingerprint density at radius 2 is 2.00 bits per heavy atom. The molecular weight excluding hydrogens is 361 g/mol. The fraction of sp³-hybridized carbons (Fsp3) is 0.231. The van der Waals surface area contributed by atoms with Crippen molar-refractivity contribution < 1.29 is 28.5 Å². The summed E-state index contributed by atoms with van der Waals surface area (Å²) in [5, 5.41) is 1.25. The van der Waals surface area contributed by atoms with Gasteiger partial charge in [0, 0.05) is 23.9 Å². The van der Waals surface area contributed by atoms with E-state index in [0.717, 1.165) is 5.69 Å². The molecule has 2 aromatic rings. The van der Waals surface area contributed by atoms with Crippen molar-refractivity contribution in [2.75, 3.05) is 0 Å². The van der Waals surface area contributed by atoms with Gasteiger partial charge in [-0.1, -0.05) is 11.6 Å². The van der Waals surface area contributed by atoms with Crippen LogP contribution in [0.5, 0.6) is 0 Å². The Bertz CT molecular complexity index is 567. The molecule has 1 nitrogen and oxygen atoms in total. The maximum absolute atomic E-state index is 4.98. The Morgan fingerprint density at radius 1 is 1.29 bits per heavy atom. The lowest BCUT2D eigenvalue weighted by atomic mass is 10.1. The first kappa shape index (κ1) is 14.7. The predicted octanol–water partition coefficient (Wildman–Crippen LogP) is -0.606. The molecule has 17 heavy (non-hydrogen) atoms. The van der Waals surface area contributed by atoms with Crippen molar-refractivity contribution in [3.63, 3.8) is 0 Å². The number of thiocarbonyl (C=S) groups is 1. The zero-order chi connectivity index (χ0) is 11.7. The Hall–Kier alpha value is -0.330. The van der Waals surface area contributed by atoms with Crippen LogP contribution in [-0.2, 0) is 26.1 Å². The van der Waals surface area contributed by atoms with Crippen LogP contribution < -0.4 is 28.5 Å². The topological polar surface area (TPSA) is 3.88 Å². The first-order chi connectivity index (χ1) is 7.58.